The number of carboxylic acids is 1. The second-order valence-corrected chi connectivity index (χ2v) is 3.54. The van der Waals surface area contributed by atoms with Crippen LogP contribution < -0.4 is 0 Å². The van der Waals surface area contributed by atoms with Crippen molar-refractivity contribution in [1.29, 1.82) is 0 Å². The van der Waals surface area contributed by atoms with Gasteiger partial charge in [0.1, 0.15) is 11.8 Å². The Labute approximate surface area is 82.3 Å². The largest absolute Gasteiger partial charge is 0.480 e. The molecule has 1 unspecified atom stereocenters. The number of likely N-dealkylation sites (tertiary alicyclic amines) is 1. The summed E-state index contributed by atoms with van der Waals surface area (Å²) in [5, 5.41) is 17.7. The molecular formula is C9H15NO4. The van der Waals surface area contributed by atoms with E-state index in [9.17, 15) is 9.59 Å². The van der Waals surface area contributed by atoms with E-state index in [-0.39, 0.29) is 11.8 Å². The Kier molecular flexibility index (Phi) is 3.60. The van der Waals surface area contributed by atoms with E-state index in [0.717, 1.165) is 6.42 Å². The van der Waals surface area contributed by atoms with Crippen molar-refractivity contribution in [3.8, 4) is 0 Å². The van der Waals surface area contributed by atoms with Crippen LogP contribution in [0.3, 0.4) is 0 Å². The highest BCUT2D eigenvalue weighted by molar-refractivity contribution is 5.83. The third kappa shape index (κ3) is 2.10. The van der Waals surface area contributed by atoms with Gasteiger partial charge in [0, 0.05) is 0 Å². The summed E-state index contributed by atoms with van der Waals surface area (Å²) < 4.78 is 0. The van der Waals surface area contributed by atoms with E-state index < -0.39 is 18.6 Å². The number of aliphatic carboxylic acids is 1. The Bertz CT molecular complexity index is 241. The fourth-order valence-electron chi connectivity index (χ4n) is 1.92. The normalized spacial score (nSPS) is 24.9. The Morgan fingerprint density at radius 2 is 2.21 bits per heavy atom. The molecule has 1 saturated heterocycles. The smallest absolute Gasteiger partial charge is 0.323 e. The number of hydrogen-bond acceptors (Lipinski definition) is 4. The van der Waals surface area contributed by atoms with Gasteiger partial charge in [-0.3, -0.25) is 14.5 Å². The summed E-state index contributed by atoms with van der Waals surface area (Å²) in [4.78, 5) is 23.5. The molecule has 0 aliphatic carbocycles. The minimum absolute atomic E-state index is 0.0257. The number of nitrogens with zero attached hydrogens (tertiary/aromatic N) is 1. The van der Waals surface area contributed by atoms with Gasteiger partial charge in [0.15, 0.2) is 0 Å². The molecule has 0 spiro atoms. The topological polar surface area (TPSA) is 77.8 Å². The van der Waals surface area contributed by atoms with Crippen molar-refractivity contribution in [3.63, 3.8) is 0 Å². The summed E-state index contributed by atoms with van der Waals surface area (Å²) in [6.07, 6.45) is 1.51. The van der Waals surface area contributed by atoms with Gasteiger partial charge in [-0.15, -0.1) is 0 Å². The van der Waals surface area contributed by atoms with E-state index in [1.54, 1.807) is 4.90 Å². The predicted octanol–water partition coefficient (Wildman–Crippen LogP) is -0.515. The van der Waals surface area contributed by atoms with Crippen molar-refractivity contribution < 1.29 is 19.8 Å². The van der Waals surface area contributed by atoms with E-state index in [1.807, 2.05) is 0 Å². The molecule has 1 rings (SSSR count). The molecule has 1 heterocycles. The van der Waals surface area contributed by atoms with E-state index in [0.29, 0.717) is 13.0 Å². The molecular weight excluding hydrogens is 186 g/mol. The van der Waals surface area contributed by atoms with E-state index in [2.05, 4.69) is 0 Å². The van der Waals surface area contributed by atoms with Crippen molar-refractivity contribution in [2.45, 2.75) is 31.8 Å². The first-order chi connectivity index (χ1) is 6.57. The summed E-state index contributed by atoms with van der Waals surface area (Å²) in [6, 6.07) is -1.27. The summed E-state index contributed by atoms with van der Waals surface area (Å²) in [7, 11) is 0. The third-order valence-corrected chi connectivity index (χ3v) is 2.62. The molecule has 2 N–H and O–H groups in total. The standard InChI is InChI=1S/C9H15NO4/c1-6(12)7-3-2-4-10(7)8(5-11)9(13)14/h7-8,11H,2-5H2,1H3,(H,13,14)/t7-,8?/m1/s1. The zero-order chi connectivity index (χ0) is 10.7. The van der Waals surface area contributed by atoms with Gasteiger partial charge in [0.05, 0.1) is 12.6 Å². The minimum Gasteiger partial charge on any atom is -0.480 e. The van der Waals surface area contributed by atoms with Crippen molar-refractivity contribution in [2.24, 2.45) is 0 Å². The van der Waals surface area contributed by atoms with Crippen LogP contribution >= 0.6 is 0 Å². The number of ketones is 1. The van der Waals surface area contributed by atoms with Crippen LogP contribution in [0.2, 0.25) is 0 Å². The van der Waals surface area contributed by atoms with Gasteiger partial charge in [-0.1, -0.05) is 0 Å². The number of rotatable bonds is 4. The number of carbonyl (C=O) groups excluding carboxylic acids is 1. The lowest BCUT2D eigenvalue weighted by molar-refractivity contribution is -0.146. The molecule has 14 heavy (non-hydrogen) atoms. The SMILES string of the molecule is CC(=O)[C@H]1CCCN1C(CO)C(=O)O. The molecule has 0 bridgehead atoms. The summed E-state index contributed by atoms with van der Waals surface area (Å²) in [5.41, 5.74) is 0. The first-order valence-electron chi connectivity index (χ1n) is 4.67. The molecule has 80 valence electrons. The molecule has 1 fully saturated rings. The molecule has 0 aromatic heterocycles. The lowest BCUT2D eigenvalue weighted by Crippen LogP contribution is -2.48. The quantitative estimate of drug-likeness (QED) is 0.640. The van der Waals surface area contributed by atoms with E-state index in [1.165, 1.54) is 6.92 Å². The van der Waals surface area contributed by atoms with Crippen LogP contribution in [0.5, 0.6) is 0 Å². The monoisotopic (exact) mass is 201 g/mol. The van der Waals surface area contributed by atoms with Crippen LogP contribution in [-0.2, 0) is 9.59 Å². The van der Waals surface area contributed by atoms with Gasteiger partial charge < -0.3 is 10.2 Å². The number of Topliss-reactive ketones (excluding diaryl/α,β-unsaturated/α-hetero) is 1. The number of aliphatic hydroxyl groups is 1. The first-order valence-corrected chi connectivity index (χ1v) is 4.67. The van der Waals surface area contributed by atoms with E-state index in [4.69, 9.17) is 10.2 Å². The minimum atomic E-state index is -1.07. The molecule has 0 amide bonds. The van der Waals surface area contributed by atoms with Crippen LogP contribution in [-0.4, -0.2) is 52.1 Å². The maximum atomic E-state index is 11.2. The molecule has 0 aromatic rings. The Hall–Kier alpha value is -0.940. The van der Waals surface area contributed by atoms with Crippen molar-refractivity contribution in [2.75, 3.05) is 13.2 Å². The van der Waals surface area contributed by atoms with Crippen LogP contribution in [0.15, 0.2) is 0 Å². The Morgan fingerprint density at radius 1 is 1.57 bits per heavy atom. The molecule has 1 aliphatic rings. The highest BCUT2D eigenvalue weighted by Crippen LogP contribution is 2.20. The zero-order valence-corrected chi connectivity index (χ0v) is 8.14. The van der Waals surface area contributed by atoms with Crippen LogP contribution in [0.1, 0.15) is 19.8 Å². The van der Waals surface area contributed by atoms with Crippen LogP contribution in [0.25, 0.3) is 0 Å². The van der Waals surface area contributed by atoms with Gasteiger partial charge >= 0.3 is 5.97 Å². The second kappa shape index (κ2) is 4.52. The fourth-order valence-corrected chi connectivity index (χ4v) is 1.92. The third-order valence-electron chi connectivity index (χ3n) is 2.62. The average molecular weight is 201 g/mol. The lowest BCUT2D eigenvalue weighted by atomic mass is 10.1. The molecule has 5 heteroatoms. The van der Waals surface area contributed by atoms with Crippen molar-refractivity contribution in [3.05, 3.63) is 0 Å². The van der Waals surface area contributed by atoms with Crippen LogP contribution in [0, 0.1) is 0 Å². The van der Waals surface area contributed by atoms with Gasteiger partial charge in [0.2, 0.25) is 0 Å². The highest BCUT2D eigenvalue weighted by Gasteiger charge is 2.36. The fraction of sp³-hybridized carbons (Fsp3) is 0.778. The van der Waals surface area contributed by atoms with E-state index >= 15 is 0 Å². The molecule has 0 radical (unpaired) electrons. The number of carboxylic acid groups (broad SMARTS) is 1. The molecule has 1 aliphatic heterocycles. The van der Waals surface area contributed by atoms with Crippen molar-refractivity contribution in [1.82, 2.24) is 4.90 Å². The number of hydrogen-bond donors (Lipinski definition) is 2. The highest BCUT2D eigenvalue weighted by atomic mass is 16.4. The molecule has 2 atom stereocenters. The molecule has 0 aromatic carbocycles. The Balaban J connectivity index is 2.74. The lowest BCUT2D eigenvalue weighted by Gasteiger charge is -2.27. The summed E-state index contributed by atoms with van der Waals surface area (Å²) in [6.45, 7) is 1.58. The maximum Gasteiger partial charge on any atom is 0.323 e. The number of carbonyl (C=O) groups is 2. The van der Waals surface area contributed by atoms with Crippen molar-refractivity contribution >= 4 is 11.8 Å². The van der Waals surface area contributed by atoms with Gasteiger partial charge in [-0.05, 0) is 26.3 Å². The summed E-state index contributed by atoms with van der Waals surface area (Å²) >= 11 is 0. The van der Waals surface area contributed by atoms with Gasteiger partial charge in [0.25, 0.3) is 0 Å². The molecule has 5 nitrogen and oxygen atoms in total. The number of aliphatic hydroxyl groups excluding tert-OH is 1. The second-order valence-electron chi connectivity index (χ2n) is 3.54. The zero-order valence-electron chi connectivity index (χ0n) is 8.14. The van der Waals surface area contributed by atoms with Gasteiger partial charge in [-0.25, -0.2) is 0 Å². The molecule has 0 saturated carbocycles. The summed E-state index contributed by atoms with van der Waals surface area (Å²) in [5.74, 6) is -1.09. The van der Waals surface area contributed by atoms with Gasteiger partial charge in [-0.2, -0.15) is 0 Å². The van der Waals surface area contributed by atoms with Crippen LogP contribution in [0.4, 0.5) is 0 Å². The Morgan fingerprint density at radius 3 is 2.64 bits per heavy atom. The first kappa shape index (κ1) is 11.1. The maximum absolute atomic E-state index is 11.2. The predicted molar refractivity (Wildman–Crippen MR) is 48.9 cm³/mol. The average Bonchev–Trinajstić information content (AvgIpc) is 2.53.